The highest BCUT2D eigenvalue weighted by Gasteiger charge is 2.28. The van der Waals surface area contributed by atoms with E-state index in [1.807, 2.05) is 0 Å². The molecule has 1 aromatic rings. The zero-order valence-corrected chi connectivity index (χ0v) is 8.77. The fourth-order valence-corrected chi connectivity index (χ4v) is 3.08. The van der Waals surface area contributed by atoms with Crippen LogP contribution >= 0.6 is 11.6 Å². The summed E-state index contributed by atoms with van der Waals surface area (Å²) < 4.78 is 23.5. The molecule has 0 fully saturated rings. The Morgan fingerprint density at radius 2 is 2.07 bits per heavy atom. The Kier molecular flexibility index (Phi) is 2.14. The second-order valence-electron chi connectivity index (χ2n) is 3.00. The number of halogens is 1. The fraction of sp³-hybridized carbons (Fsp3) is 0.111. The van der Waals surface area contributed by atoms with E-state index < -0.39 is 9.84 Å². The van der Waals surface area contributed by atoms with Crippen LogP contribution in [0, 0.1) is 0 Å². The van der Waals surface area contributed by atoms with Crippen LogP contribution in [0.15, 0.2) is 28.0 Å². The van der Waals surface area contributed by atoms with Crippen molar-refractivity contribution in [2.45, 2.75) is 4.90 Å². The van der Waals surface area contributed by atoms with Crippen molar-refractivity contribution in [1.29, 1.82) is 0 Å². The summed E-state index contributed by atoms with van der Waals surface area (Å²) in [5, 5.41) is 0.522. The van der Waals surface area contributed by atoms with Crippen molar-refractivity contribution < 1.29 is 8.42 Å². The van der Waals surface area contributed by atoms with E-state index in [9.17, 15) is 8.42 Å². The van der Waals surface area contributed by atoms with Gasteiger partial charge in [0.1, 0.15) is 0 Å². The summed E-state index contributed by atoms with van der Waals surface area (Å²) in [6.45, 7) is 0.0225. The summed E-state index contributed by atoms with van der Waals surface area (Å²) in [6, 6.07) is 4.69. The molecule has 0 aromatic heterocycles. The van der Waals surface area contributed by atoms with Crippen LogP contribution in [0.3, 0.4) is 0 Å². The van der Waals surface area contributed by atoms with E-state index in [2.05, 4.69) is 0 Å². The number of hydrogen-bond acceptors (Lipinski definition) is 3. The third-order valence-corrected chi connectivity index (χ3v) is 4.28. The second-order valence-corrected chi connectivity index (χ2v) is 5.41. The van der Waals surface area contributed by atoms with E-state index in [0.717, 1.165) is 0 Å². The molecule has 1 aromatic carbocycles. The van der Waals surface area contributed by atoms with E-state index >= 15 is 0 Å². The van der Waals surface area contributed by atoms with E-state index in [1.54, 1.807) is 18.2 Å². The largest absolute Gasteiger partial charge is 0.326 e. The molecular weight excluding hydrogens is 222 g/mol. The number of nitrogens with two attached hydrogens (primary N) is 1. The first-order valence-electron chi connectivity index (χ1n) is 4.01. The van der Waals surface area contributed by atoms with Gasteiger partial charge in [0, 0.05) is 11.6 Å². The van der Waals surface area contributed by atoms with Gasteiger partial charge in [-0.15, -0.1) is 0 Å². The first kappa shape index (κ1) is 9.71. The van der Waals surface area contributed by atoms with Crippen LogP contribution in [-0.2, 0) is 9.84 Å². The average molecular weight is 230 g/mol. The van der Waals surface area contributed by atoms with Crippen LogP contribution < -0.4 is 5.73 Å². The minimum Gasteiger partial charge on any atom is -0.326 e. The maximum atomic E-state index is 11.7. The second kappa shape index (κ2) is 3.08. The van der Waals surface area contributed by atoms with E-state index in [4.69, 9.17) is 17.3 Å². The summed E-state index contributed by atoms with van der Waals surface area (Å²) in [5.74, 6) is 0. The van der Waals surface area contributed by atoms with Gasteiger partial charge < -0.3 is 5.73 Å². The summed E-state index contributed by atoms with van der Waals surface area (Å²) in [5.41, 5.74) is 5.97. The van der Waals surface area contributed by atoms with E-state index in [-0.39, 0.29) is 11.4 Å². The molecule has 0 bridgehead atoms. The highest BCUT2D eigenvalue weighted by atomic mass is 35.5. The standard InChI is InChI=1S/C9H8ClNO2S/c10-7-1-2-9-6(3-7)4-8(5-11)14(9,12)13/h1-4H,5,11H2. The number of hydrogen-bond donors (Lipinski definition) is 1. The topological polar surface area (TPSA) is 60.2 Å². The lowest BCUT2D eigenvalue weighted by atomic mass is 10.2. The molecule has 2 N–H and O–H groups in total. The lowest BCUT2D eigenvalue weighted by molar-refractivity contribution is 0.602. The molecule has 1 heterocycles. The van der Waals surface area contributed by atoms with Crippen molar-refractivity contribution in [2.75, 3.05) is 6.54 Å². The molecule has 0 saturated heterocycles. The smallest absolute Gasteiger partial charge is 0.204 e. The Hall–Kier alpha value is -0.840. The number of sulfone groups is 1. The minimum atomic E-state index is -3.34. The quantitative estimate of drug-likeness (QED) is 0.793. The van der Waals surface area contributed by atoms with Gasteiger partial charge in [-0.25, -0.2) is 8.42 Å². The minimum absolute atomic E-state index is 0.0225. The van der Waals surface area contributed by atoms with Crippen molar-refractivity contribution in [3.8, 4) is 0 Å². The van der Waals surface area contributed by atoms with Crippen molar-refractivity contribution in [2.24, 2.45) is 5.73 Å². The molecule has 0 aliphatic carbocycles. The van der Waals surface area contributed by atoms with Crippen LogP contribution in [0.5, 0.6) is 0 Å². The molecule has 2 rings (SSSR count). The molecule has 3 nitrogen and oxygen atoms in total. The van der Waals surface area contributed by atoms with Crippen molar-refractivity contribution in [3.63, 3.8) is 0 Å². The maximum absolute atomic E-state index is 11.7. The highest BCUT2D eigenvalue weighted by Crippen LogP contribution is 2.33. The molecule has 74 valence electrons. The molecule has 14 heavy (non-hydrogen) atoms. The summed E-state index contributed by atoms with van der Waals surface area (Å²) in [6.07, 6.45) is 1.57. The Morgan fingerprint density at radius 3 is 2.71 bits per heavy atom. The van der Waals surface area contributed by atoms with E-state index in [1.165, 1.54) is 6.07 Å². The van der Waals surface area contributed by atoms with Gasteiger partial charge in [-0.2, -0.15) is 0 Å². The van der Waals surface area contributed by atoms with Gasteiger partial charge in [-0.3, -0.25) is 0 Å². The van der Waals surface area contributed by atoms with Crippen LogP contribution in [0.1, 0.15) is 5.56 Å². The van der Waals surface area contributed by atoms with Gasteiger partial charge in [0.05, 0.1) is 9.80 Å². The first-order chi connectivity index (χ1) is 6.55. The Bertz CT molecular complexity index is 520. The maximum Gasteiger partial charge on any atom is 0.204 e. The van der Waals surface area contributed by atoms with Gasteiger partial charge >= 0.3 is 0 Å². The summed E-state index contributed by atoms with van der Waals surface area (Å²) in [4.78, 5) is 0.539. The van der Waals surface area contributed by atoms with Gasteiger partial charge in [-0.05, 0) is 29.8 Å². The average Bonchev–Trinajstić information content (AvgIpc) is 2.37. The van der Waals surface area contributed by atoms with Crippen molar-refractivity contribution in [3.05, 3.63) is 33.7 Å². The first-order valence-corrected chi connectivity index (χ1v) is 5.87. The van der Waals surface area contributed by atoms with Crippen LogP contribution in [-0.4, -0.2) is 15.0 Å². The lowest BCUT2D eigenvalue weighted by Gasteiger charge is -2.00. The molecule has 1 aliphatic rings. The molecule has 0 radical (unpaired) electrons. The fourth-order valence-electron chi connectivity index (χ4n) is 1.44. The molecule has 0 amide bonds. The van der Waals surface area contributed by atoms with Crippen LogP contribution in [0.25, 0.3) is 6.08 Å². The molecule has 0 spiro atoms. The predicted octanol–water partition coefficient (Wildman–Crippen LogP) is 1.43. The Morgan fingerprint density at radius 1 is 1.36 bits per heavy atom. The van der Waals surface area contributed by atoms with Crippen molar-refractivity contribution in [1.82, 2.24) is 0 Å². The van der Waals surface area contributed by atoms with Crippen molar-refractivity contribution >= 4 is 27.5 Å². The molecule has 1 aliphatic heterocycles. The van der Waals surface area contributed by atoms with Gasteiger partial charge in [-0.1, -0.05) is 11.6 Å². The number of benzene rings is 1. The van der Waals surface area contributed by atoms with E-state index in [0.29, 0.717) is 15.5 Å². The van der Waals surface area contributed by atoms with Gasteiger partial charge in [0.25, 0.3) is 0 Å². The third kappa shape index (κ3) is 1.27. The van der Waals surface area contributed by atoms with Crippen LogP contribution in [0.4, 0.5) is 0 Å². The van der Waals surface area contributed by atoms with Crippen LogP contribution in [0.2, 0.25) is 5.02 Å². The monoisotopic (exact) mass is 229 g/mol. The third-order valence-electron chi connectivity index (χ3n) is 2.12. The number of fused-ring (bicyclic) bond motifs is 1. The summed E-state index contributed by atoms with van der Waals surface area (Å²) >= 11 is 5.75. The SMILES string of the molecule is NCC1=Cc2cc(Cl)ccc2S1(=O)=O. The zero-order chi connectivity index (χ0) is 10.3. The normalized spacial score (nSPS) is 17.7. The van der Waals surface area contributed by atoms with Gasteiger partial charge in [0.2, 0.25) is 9.84 Å². The molecule has 0 atom stereocenters. The zero-order valence-electron chi connectivity index (χ0n) is 7.20. The van der Waals surface area contributed by atoms with Gasteiger partial charge in [0.15, 0.2) is 0 Å². The Labute approximate surface area is 87.1 Å². The summed E-state index contributed by atoms with van der Waals surface area (Å²) in [7, 11) is -3.34. The molecule has 5 heteroatoms. The lowest BCUT2D eigenvalue weighted by Crippen LogP contribution is -2.10. The highest BCUT2D eigenvalue weighted by molar-refractivity contribution is 7.95. The number of rotatable bonds is 1. The molecular formula is C9H8ClNO2S. The Balaban J connectivity index is 2.71. The molecule has 0 unspecified atom stereocenters. The predicted molar refractivity (Wildman–Crippen MR) is 55.7 cm³/mol. The molecule has 0 saturated carbocycles.